The third-order valence-electron chi connectivity index (χ3n) is 11.5. The van der Waals surface area contributed by atoms with Crippen LogP contribution in [0.25, 0.3) is 0 Å². The first-order valence-electron chi connectivity index (χ1n) is 16.8. The average molecular weight is 711 g/mol. The van der Waals surface area contributed by atoms with Crippen LogP contribution in [0.2, 0.25) is 0 Å². The predicted octanol–water partition coefficient (Wildman–Crippen LogP) is -4.03. The molecule has 17 nitrogen and oxygen atoms in total. The van der Waals surface area contributed by atoms with Gasteiger partial charge in [0.05, 0.1) is 38.1 Å². The highest BCUT2D eigenvalue weighted by molar-refractivity contribution is 5.20. The maximum Gasteiger partial charge on any atom is 0.187 e. The minimum Gasteiger partial charge on any atom is -0.394 e. The topological polar surface area (TPSA) is 278 Å². The summed E-state index contributed by atoms with van der Waals surface area (Å²) in [6, 6.07) is 0. The molecule has 11 N–H and O–H groups in total. The van der Waals surface area contributed by atoms with Gasteiger partial charge >= 0.3 is 0 Å². The zero-order valence-electron chi connectivity index (χ0n) is 28.0. The first-order chi connectivity index (χ1) is 22.9. The molecule has 3 saturated heterocycles. The Morgan fingerprint density at radius 3 is 2.08 bits per heavy atom. The summed E-state index contributed by atoms with van der Waals surface area (Å²) >= 11 is 0. The van der Waals surface area contributed by atoms with E-state index < -0.39 is 129 Å². The van der Waals surface area contributed by atoms with Crippen molar-refractivity contribution in [2.24, 2.45) is 17.3 Å². The van der Waals surface area contributed by atoms with Gasteiger partial charge in [-0.05, 0) is 62.4 Å². The van der Waals surface area contributed by atoms with Gasteiger partial charge in [-0.2, -0.15) is 0 Å². The fourth-order valence-corrected chi connectivity index (χ4v) is 8.00. The maximum absolute atomic E-state index is 11.4. The largest absolute Gasteiger partial charge is 0.394 e. The third kappa shape index (κ3) is 7.48. The van der Waals surface area contributed by atoms with E-state index in [1.165, 1.54) is 0 Å². The number of hydrogen-bond donors (Lipinski definition) is 11. The number of rotatable bonds is 10. The molecular weight excluding hydrogens is 656 g/mol. The number of fused-ring (bicyclic) bond motifs is 1. The number of aliphatic hydroxyl groups excluding tert-OH is 10. The lowest BCUT2D eigenvalue weighted by Crippen LogP contribution is -2.62. The average Bonchev–Trinajstić information content (AvgIpc) is 3.35. The van der Waals surface area contributed by atoms with Crippen molar-refractivity contribution in [1.29, 1.82) is 0 Å². The zero-order chi connectivity index (χ0) is 36.2. The zero-order valence-corrected chi connectivity index (χ0v) is 28.0. The van der Waals surface area contributed by atoms with Crippen molar-refractivity contribution in [3.05, 3.63) is 12.2 Å². The summed E-state index contributed by atoms with van der Waals surface area (Å²) in [6.07, 6.45) is -17.8. The van der Waals surface area contributed by atoms with Crippen molar-refractivity contribution in [2.75, 3.05) is 26.4 Å². The summed E-state index contributed by atoms with van der Waals surface area (Å²) in [6.45, 7) is 7.68. The fraction of sp³-hybridized carbons (Fsp3) is 0.938. The van der Waals surface area contributed by atoms with Crippen molar-refractivity contribution >= 4 is 0 Å². The summed E-state index contributed by atoms with van der Waals surface area (Å²) < 4.78 is 34.3. The standard InChI is InChI=1S/C32H54O17/c1-13-15-7-14(30(2,3)49-28-25(41)22(38)20(36)17(9-33)47-28)5-6-31(15,4)8-16(19(13)35)46-27-24(40)23(39)21(37)18(48-27)10-44-29-26(42)32(43,11-34)12-45-29/h14-29,33-43H,1,5-12H2,2-4H3/t14-,15+,16?,17-,18-,19?,20-,21-,22+,23+,24-,25-,26+,27-,28+,29-,31-,32-/m1/s1. The molecule has 2 unspecified atom stereocenters. The predicted molar refractivity (Wildman–Crippen MR) is 163 cm³/mol. The normalized spacial score (nSPS) is 51.1. The molecule has 18 atom stereocenters. The van der Waals surface area contributed by atoms with Gasteiger partial charge in [-0.1, -0.05) is 13.5 Å². The van der Waals surface area contributed by atoms with Gasteiger partial charge < -0.3 is 84.6 Å². The van der Waals surface area contributed by atoms with Gasteiger partial charge in [0.2, 0.25) is 0 Å². The summed E-state index contributed by atoms with van der Waals surface area (Å²) in [5.74, 6) is -0.309. The SMILES string of the molecule is C=C1C(O)C(O[C@@H]2O[C@H](CO[C@@H]3OC[C@](O)(CO)[C@H]3O)[C@@H](O)[C@H](O)[C@H]2O)C[C@@]2(C)CC[C@@H](C(C)(C)O[C@@H]3O[C@H](CO)[C@@H](O)[C@H](O)[C@H]3O)C[C@@H]12. The van der Waals surface area contributed by atoms with Crippen LogP contribution in [-0.2, 0) is 28.4 Å². The second-order valence-corrected chi connectivity index (χ2v) is 15.2. The highest BCUT2D eigenvalue weighted by atomic mass is 16.7. The van der Waals surface area contributed by atoms with E-state index >= 15 is 0 Å². The number of ether oxygens (including phenoxy) is 6. The van der Waals surface area contributed by atoms with Crippen LogP contribution in [0, 0.1) is 17.3 Å². The van der Waals surface area contributed by atoms with Crippen LogP contribution < -0.4 is 0 Å². The molecule has 17 heteroatoms. The Bertz CT molecular complexity index is 1140. The van der Waals surface area contributed by atoms with Crippen molar-refractivity contribution < 1.29 is 84.6 Å². The lowest BCUT2D eigenvalue weighted by atomic mass is 9.54. The Morgan fingerprint density at radius 2 is 1.47 bits per heavy atom. The van der Waals surface area contributed by atoms with Crippen molar-refractivity contribution in [3.63, 3.8) is 0 Å². The quantitative estimate of drug-likeness (QED) is 0.0761. The Kier molecular flexibility index (Phi) is 11.9. The molecule has 5 aliphatic rings. The highest BCUT2D eigenvalue weighted by Crippen LogP contribution is 2.56. The van der Waals surface area contributed by atoms with Gasteiger partial charge in [0.1, 0.15) is 66.6 Å². The fourth-order valence-electron chi connectivity index (χ4n) is 8.00. The highest BCUT2D eigenvalue weighted by Gasteiger charge is 2.55. The van der Waals surface area contributed by atoms with E-state index in [4.69, 9.17) is 28.4 Å². The van der Waals surface area contributed by atoms with E-state index in [0.717, 1.165) is 0 Å². The van der Waals surface area contributed by atoms with E-state index in [1.54, 1.807) is 0 Å². The van der Waals surface area contributed by atoms with Gasteiger partial charge in [-0.25, -0.2) is 0 Å². The summed E-state index contributed by atoms with van der Waals surface area (Å²) in [7, 11) is 0. The number of hydrogen-bond acceptors (Lipinski definition) is 17. The van der Waals surface area contributed by atoms with Crippen LogP contribution in [-0.4, -0.2) is 180 Å². The van der Waals surface area contributed by atoms with Crippen LogP contribution in [0.15, 0.2) is 12.2 Å². The molecule has 0 aromatic carbocycles. The Hall–Kier alpha value is -0.940. The smallest absolute Gasteiger partial charge is 0.187 e. The minimum absolute atomic E-state index is 0.115. The summed E-state index contributed by atoms with van der Waals surface area (Å²) in [5.41, 5.74) is -2.77. The van der Waals surface area contributed by atoms with Gasteiger partial charge in [-0.3, -0.25) is 0 Å². The lowest BCUT2D eigenvalue weighted by molar-refractivity contribution is -0.332. The van der Waals surface area contributed by atoms with Gasteiger partial charge in [0.15, 0.2) is 18.9 Å². The summed E-state index contributed by atoms with van der Waals surface area (Å²) in [5, 5.41) is 114. The molecule has 3 heterocycles. The maximum atomic E-state index is 11.4. The molecule has 5 rings (SSSR count). The van der Waals surface area contributed by atoms with Crippen molar-refractivity contribution in [3.8, 4) is 0 Å². The van der Waals surface area contributed by atoms with Crippen LogP contribution in [0.5, 0.6) is 0 Å². The molecule has 5 fully saturated rings. The molecule has 0 spiro atoms. The Balaban J connectivity index is 1.21. The van der Waals surface area contributed by atoms with E-state index in [9.17, 15) is 56.2 Å². The summed E-state index contributed by atoms with van der Waals surface area (Å²) in [4.78, 5) is 0. The Morgan fingerprint density at radius 1 is 0.857 bits per heavy atom. The van der Waals surface area contributed by atoms with Crippen molar-refractivity contribution in [1.82, 2.24) is 0 Å². The first kappa shape index (κ1) is 39.3. The van der Waals surface area contributed by atoms with Crippen LogP contribution in [0.4, 0.5) is 0 Å². The van der Waals surface area contributed by atoms with E-state index in [2.05, 4.69) is 6.58 Å². The van der Waals surface area contributed by atoms with Crippen LogP contribution >= 0.6 is 0 Å². The second kappa shape index (κ2) is 14.8. The molecule has 0 bridgehead atoms. The van der Waals surface area contributed by atoms with Crippen molar-refractivity contribution in [2.45, 2.75) is 144 Å². The molecule has 3 aliphatic heterocycles. The molecular formula is C32H54O17. The van der Waals surface area contributed by atoms with Gasteiger partial charge in [0.25, 0.3) is 0 Å². The second-order valence-electron chi connectivity index (χ2n) is 15.2. The van der Waals surface area contributed by atoms with E-state index in [1.807, 2.05) is 20.8 Å². The molecule has 0 aromatic rings. The van der Waals surface area contributed by atoms with E-state index in [0.29, 0.717) is 31.3 Å². The lowest BCUT2D eigenvalue weighted by Gasteiger charge is -2.55. The monoisotopic (exact) mass is 710 g/mol. The molecule has 0 aromatic heterocycles. The first-order valence-corrected chi connectivity index (χ1v) is 16.8. The Labute approximate surface area is 284 Å². The molecule has 49 heavy (non-hydrogen) atoms. The molecule has 284 valence electrons. The number of aliphatic hydroxyl groups is 11. The molecule has 0 amide bonds. The molecule has 0 radical (unpaired) electrons. The van der Waals surface area contributed by atoms with Crippen LogP contribution in [0.3, 0.4) is 0 Å². The van der Waals surface area contributed by atoms with Crippen LogP contribution in [0.1, 0.15) is 46.5 Å². The molecule has 2 saturated carbocycles. The minimum atomic E-state index is -1.93. The third-order valence-corrected chi connectivity index (χ3v) is 11.5. The van der Waals surface area contributed by atoms with Gasteiger partial charge in [0, 0.05) is 0 Å². The van der Waals surface area contributed by atoms with E-state index in [-0.39, 0.29) is 11.8 Å². The van der Waals surface area contributed by atoms with Gasteiger partial charge in [-0.15, -0.1) is 0 Å². The molecule has 2 aliphatic carbocycles.